The molecule has 0 atom stereocenters. The Morgan fingerprint density at radius 1 is 0.933 bits per heavy atom. The fraction of sp³-hybridized carbons (Fsp3) is 0.636. The second-order valence-corrected chi connectivity index (χ2v) is 3.05. The summed E-state index contributed by atoms with van der Waals surface area (Å²) in [6.45, 7) is 6.68. The fourth-order valence-electron chi connectivity index (χ4n) is 1.60. The van der Waals surface area contributed by atoms with Gasteiger partial charge in [-0.25, -0.2) is 17.2 Å². The minimum absolute atomic E-state index is 0. The third kappa shape index (κ3) is 6.97. The molecule has 1 aliphatic carbocycles. The van der Waals surface area contributed by atoms with Crippen molar-refractivity contribution >= 4 is 0 Å². The van der Waals surface area contributed by atoms with Crippen molar-refractivity contribution in [3.63, 3.8) is 0 Å². The van der Waals surface area contributed by atoms with Crippen molar-refractivity contribution in [2.45, 2.75) is 46.5 Å². The van der Waals surface area contributed by atoms with Crippen LogP contribution in [0.1, 0.15) is 46.5 Å². The van der Waals surface area contributed by atoms with Gasteiger partial charge in [0.1, 0.15) is 0 Å². The van der Waals surface area contributed by atoms with Crippen LogP contribution in [0.2, 0.25) is 0 Å². The van der Waals surface area contributed by atoms with E-state index in [9.17, 15) is 0 Å². The molecule has 0 saturated heterocycles. The van der Waals surface area contributed by atoms with E-state index in [1.54, 1.807) is 5.57 Å². The van der Waals surface area contributed by atoms with Crippen LogP contribution in [0.3, 0.4) is 0 Å². The Kier molecular flexibility index (Phi) is 21.6. The van der Waals surface area contributed by atoms with E-state index in [4.69, 9.17) is 0 Å². The van der Waals surface area contributed by atoms with Gasteiger partial charge in [0.25, 0.3) is 0 Å². The Bertz CT molecular complexity index is 210. The Morgan fingerprint density at radius 3 is 1.73 bits per heavy atom. The Morgan fingerprint density at radius 2 is 1.47 bits per heavy atom. The van der Waals surface area contributed by atoms with E-state index >= 15 is 0 Å². The van der Waals surface area contributed by atoms with Gasteiger partial charge in [0, 0.05) is 0 Å². The molecule has 4 heteroatoms. The van der Waals surface area contributed by atoms with Crippen molar-refractivity contribution in [3.8, 4) is 0 Å². The first-order valence-corrected chi connectivity index (χ1v) is 4.64. The van der Waals surface area contributed by atoms with E-state index in [0.29, 0.717) is 0 Å². The summed E-state index contributed by atoms with van der Waals surface area (Å²) in [5.74, 6) is 0. The van der Waals surface area contributed by atoms with Crippen molar-refractivity contribution in [2.75, 3.05) is 0 Å². The standard InChI is InChI=1S/C11H17.3ClH.V/c1-4-9-7-10(5-2)11(6-3)8-9;;;;/h4-7H2,1-3H3;3*1H;/q-1;;;;+4/p-3. The van der Waals surface area contributed by atoms with Gasteiger partial charge in [-0.3, -0.25) is 0 Å². The predicted molar refractivity (Wildman–Crippen MR) is 49.3 cm³/mol. The first-order chi connectivity index (χ1) is 5.31. The molecule has 87 valence electrons. The molecule has 0 aromatic heterocycles. The first kappa shape index (κ1) is 25.0. The number of allylic oxidation sites excluding steroid dienone is 4. The molecule has 0 unspecified atom stereocenters. The van der Waals surface area contributed by atoms with Gasteiger partial charge in [-0.05, 0) is 0 Å². The van der Waals surface area contributed by atoms with E-state index in [1.807, 2.05) is 0 Å². The molecule has 0 aromatic carbocycles. The average Bonchev–Trinajstić information content (AvgIpc) is 2.46. The summed E-state index contributed by atoms with van der Waals surface area (Å²) >= 11 is 0. The number of hydrogen-bond acceptors (Lipinski definition) is 0. The van der Waals surface area contributed by atoms with Gasteiger partial charge in [0.05, 0.1) is 0 Å². The van der Waals surface area contributed by atoms with Crippen LogP contribution in [0, 0.1) is 6.08 Å². The van der Waals surface area contributed by atoms with Gasteiger partial charge in [-0.15, -0.1) is 6.42 Å². The zero-order chi connectivity index (χ0) is 8.27. The molecule has 0 saturated carbocycles. The Hall–Kier alpha value is 0.934. The third-order valence-electron chi connectivity index (χ3n) is 2.39. The predicted octanol–water partition coefficient (Wildman–Crippen LogP) is -5.34. The minimum atomic E-state index is 0. The molecule has 0 heterocycles. The van der Waals surface area contributed by atoms with Crippen molar-refractivity contribution in [2.24, 2.45) is 0 Å². The van der Waals surface area contributed by atoms with E-state index in [1.165, 1.54) is 30.4 Å². The van der Waals surface area contributed by atoms with Crippen molar-refractivity contribution in [1.29, 1.82) is 0 Å². The fourth-order valence-corrected chi connectivity index (χ4v) is 1.60. The van der Waals surface area contributed by atoms with Crippen molar-refractivity contribution in [1.82, 2.24) is 0 Å². The molecule has 1 rings (SSSR count). The maximum atomic E-state index is 3.49. The average molecular weight is 307 g/mol. The van der Waals surface area contributed by atoms with Gasteiger partial charge in [0.2, 0.25) is 0 Å². The van der Waals surface area contributed by atoms with E-state index in [2.05, 4.69) is 26.8 Å². The minimum Gasteiger partial charge on any atom is -1.00 e. The molecule has 0 nitrogen and oxygen atoms in total. The molecule has 0 N–H and O–H groups in total. The van der Waals surface area contributed by atoms with Crippen LogP contribution in [0.5, 0.6) is 0 Å². The smallest absolute Gasteiger partial charge is 1.00 e. The molecule has 0 aliphatic heterocycles. The van der Waals surface area contributed by atoms with Crippen molar-refractivity contribution < 1.29 is 55.8 Å². The van der Waals surface area contributed by atoms with Crippen LogP contribution in [-0.2, 0) is 18.6 Å². The summed E-state index contributed by atoms with van der Waals surface area (Å²) in [6, 6.07) is 0. The van der Waals surface area contributed by atoms with Gasteiger partial charge < -0.3 is 37.2 Å². The van der Waals surface area contributed by atoms with E-state index in [-0.39, 0.29) is 55.8 Å². The zero-order valence-corrected chi connectivity index (χ0v) is 13.1. The summed E-state index contributed by atoms with van der Waals surface area (Å²) in [5, 5.41) is 0. The molecule has 0 bridgehead atoms. The number of hydrogen-bond donors (Lipinski definition) is 0. The molecule has 1 radical (unpaired) electrons. The van der Waals surface area contributed by atoms with Crippen LogP contribution < -0.4 is 37.2 Å². The molecule has 0 amide bonds. The van der Waals surface area contributed by atoms with E-state index < -0.39 is 0 Å². The summed E-state index contributed by atoms with van der Waals surface area (Å²) in [6.07, 6.45) is 8.23. The normalized spacial score (nSPS) is 12.9. The summed E-state index contributed by atoms with van der Waals surface area (Å²) in [7, 11) is 0. The summed E-state index contributed by atoms with van der Waals surface area (Å²) in [4.78, 5) is 0. The maximum Gasteiger partial charge on any atom is 4.00 e. The number of rotatable bonds is 3. The summed E-state index contributed by atoms with van der Waals surface area (Å²) < 4.78 is 0. The first-order valence-electron chi connectivity index (χ1n) is 4.64. The number of halogens is 3. The van der Waals surface area contributed by atoms with Gasteiger partial charge in [-0.1, -0.05) is 40.0 Å². The monoisotopic (exact) mass is 305 g/mol. The maximum absolute atomic E-state index is 3.49. The van der Waals surface area contributed by atoms with Crippen LogP contribution >= 0.6 is 0 Å². The van der Waals surface area contributed by atoms with Crippen LogP contribution in [0.15, 0.2) is 16.7 Å². The van der Waals surface area contributed by atoms with Gasteiger partial charge in [-0.2, -0.15) is 5.57 Å². The SMILES string of the molecule is CCC1=[C-]C(CC)=C(CC)C1.[Cl-].[Cl-].[Cl-].[V+4]. The topological polar surface area (TPSA) is 0 Å². The molecule has 1 aliphatic rings. The second-order valence-electron chi connectivity index (χ2n) is 3.05. The Balaban J connectivity index is -0.000000151. The molecule has 15 heavy (non-hydrogen) atoms. The van der Waals surface area contributed by atoms with Gasteiger partial charge in [0.15, 0.2) is 0 Å². The molecular formula is C11H17Cl3V. The Labute approximate surface area is 124 Å². The second kappa shape index (κ2) is 13.0. The summed E-state index contributed by atoms with van der Waals surface area (Å²) in [5.41, 5.74) is 4.59. The van der Waals surface area contributed by atoms with Crippen LogP contribution in [0.4, 0.5) is 0 Å². The third-order valence-corrected chi connectivity index (χ3v) is 2.39. The van der Waals surface area contributed by atoms with Gasteiger partial charge >= 0.3 is 18.6 Å². The molecule has 0 spiro atoms. The molecule has 0 aromatic rings. The van der Waals surface area contributed by atoms with Crippen LogP contribution in [0.25, 0.3) is 0 Å². The van der Waals surface area contributed by atoms with E-state index in [0.717, 1.165) is 6.42 Å². The quantitative estimate of drug-likeness (QED) is 0.457. The molecular weight excluding hydrogens is 289 g/mol. The molecule has 0 fully saturated rings. The van der Waals surface area contributed by atoms with Crippen molar-refractivity contribution in [3.05, 3.63) is 22.8 Å². The zero-order valence-electron chi connectivity index (χ0n) is 9.41. The van der Waals surface area contributed by atoms with Crippen LogP contribution in [-0.4, -0.2) is 0 Å². The largest absolute Gasteiger partial charge is 4.00 e.